The van der Waals surface area contributed by atoms with Crippen LogP contribution in [0.3, 0.4) is 0 Å². The molecule has 0 aromatic heterocycles. The van der Waals surface area contributed by atoms with E-state index in [0.717, 1.165) is 11.1 Å². The number of aromatic hydroxyl groups is 1. The second kappa shape index (κ2) is 8.16. The van der Waals surface area contributed by atoms with Gasteiger partial charge in [0.1, 0.15) is 11.3 Å². The number of nitrogens with zero attached hydrogens (tertiary/aromatic N) is 2. The zero-order valence-corrected chi connectivity index (χ0v) is 17.9. The van der Waals surface area contributed by atoms with E-state index < -0.39 is 11.8 Å². The maximum Gasteiger partial charge on any atom is 0.270 e. The van der Waals surface area contributed by atoms with Crippen molar-refractivity contribution in [1.29, 1.82) is 0 Å². The normalized spacial score (nSPS) is 14.3. The van der Waals surface area contributed by atoms with Gasteiger partial charge in [-0.15, -0.1) is 0 Å². The molecule has 1 fully saturated rings. The third-order valence-electron chi connectivity index (χ3n) is 5.17. The van der Waals surface area contributed by atoms with Crippen molar-refractivity contribution in [3.05, 3.63) is 95.1 Å². The van der Waals surface area contributed by atoms with Crippen LogP contribution in [0.15, 0.2) is 78.4 Å². The highest BCUT2D eigenvalue weighted by molar-refractivity contribution is 7.81. The predicted molar refractivity (Wildman–Crippen MR) is 126 cm³/mol. The van der Waals surface area contributed by atoms with Gasteiger partial charge in [-0.1, -0.05) is 48.5 Å². The van der Waals surface area contributed by atoms with E-state index in [4.69, 9.17) is 12.2 Å². The highest BCUT2D eigenvalue weighted by Crippen LogP contribution is 2.32. The minimum Gasteiger partial charge on any atom is -0.508 e. The summed E-state index contributed by atoms with van der Waals surface area (Å²) >= 11 is 5.67. The molecule has 0 unspecified atom stereocenters. The Morgan fingerprint density at radius 3 is 1.65 bits per heavy atom. The van der Waals surface area contributed by atoms with Gasteiger partial charge in [-0.05, 0) is 73.1 Å². The Balaban J connectivity index is 1.91. The van der Waals surface area contributed by atoms with Crippen molar-refractivity contribution in [2.75, 3.05) is 9.80 Å². The van der Waals surface area contributed by atoms with Crippen LogP contribution in [0.2, 0.25) is 0 Å². The Morgan fingerprint density at radius 1 is 0.742 bits per heavy atom. The van der Waals surface area contributed by atoms with E-state index in [0.29, 0.717) is 16.9 Å². The SMILES string of the molecule is Cc1ccccc1N1C(=O)C(=Cc2ccc(O)cc2)C(=O)N(c2ccccc2C)C1=S. The van der Waals surface area contributed by atoms with E-state index in [9.17, 15) is 14.7 Å². The number of carbonyl (C=O) groups is 2. The summed E-state index contributed by atoms with van der Waals surface area (Å²) in [6.07, 6.45) is 1.53. The first kappa shape index (κ1) is 20.5. The number of phenols is 1. The molecule has 1 saturated heterocycles. The van der Waals surface area contributed by atoms with Crippen molar-refractivity contribution in [2.45, 2.75) is 13.8 Å². The van der Waals surface area contributed by atoms with Crippen molar-refractivity contribution in [3.8, 4) is 5.75 Å². The van der Waals surface area contributed by atoms with E-state index >= 15 is 0 Å². The number of aryl methyl sites for hydroxylation is 2. The highest BCUT2D eigenvalue weighted by Gasteiger charge is 2.41. The first-order valence-corrected chi connectivity index (χ1v) is 10.1. The van der Waals surface area contributed by atoms with Gasteiger partial charge in [-0.3, -0.25) is 19.4 Å². The average Bonchev–Trinajstić information content (AvgIpc) is 2.75. The van der Waals surface area contributed by atoms with Crippen LogP contribution in [0, 0.1) is 13.8 Å². The fourth-order valence-corrected chi connectivity index (χ4v) is 3.88. The number of carbonyl (C=O) groups excluding carboxylic acids is 2. The van der Waals surface area contributed by atoms with Crippen LogP contribution in [0.25, 0.3) is 6.08 Å². The van der Waals surface area contributed by atoms with Crippen molar-refractivity contribution in [2.24, 2.45) is 0 Å². The minimum absolute atomic E-state index is 0.00852. The molecule has 154 valence electrons. The van der Waals surface area contributed by atoms with Crippen molar-refractivity contribution in [3.63, 3.8) is 0 Å². The number of phenolic OH excluding ortho intramolecular Hbond substituents is 1. The van der Waals surface area contributed by atoms with Gasteiger partial charge in [0, 0.05) is 0 Å². The fourth-order valence-electron chi connectivity index (χ4n) is 3.52. The maximum atomic E-state index is 13.5. The van der Waals surface area contributed by atoms with Crippen LogP contribution in [0.4, 0.5) is 11.4 Å². The molecule has 1 heterocycles. The molecule has 1 aliphatic heterocycles. The Hall–Kier alpha value is -3.77. The van der Waals surface area contributed by atoms with Gasteiger partial charge in [-0.2, -0.15) is 0 Å². The summed E-state index contributed by atoms with van der Waals surface area (Å²) in [5.74, 6) is -0.864. The summed E-state index contributed by atoms with van der Waals surface area (Å²) < 4.78 is 0. The molecule has 0 radical (unpaired) electrons. The van der Waals surface area contributed by atoms with Crippen LogP contribution in [0.5, 0.6) is 5.75 Å². The maximum absolute atomic E-state index is 13.5. The third kappa shape index (κ3) is 3.73. The summed E-state index contributed by atoms with van der Waals surface area (Å²) in [7, 11) is 0. The lowest BCUT2D eigenvalue weighted by atomic mass is 10.0. The van der Waals surface area contributed by atoms with E-state index in [1.54, 1.807) is 12.1 Å². The molecule has 3 aromatic carbocycles. The van der Waals surface area contributed by atoms with Crippen LogP contribution < -0.4 is 9.80 Å². The molecule has 0 aliphatic carbocycles. The molecule has 1 aliphatic rings. The first-order chi connectivity index (χ1) is 14.9. The van der Waals surface area contributed by atoms with Gasteiger partial charge in [0.15, 0.2) is 5.11 Å². The van der Waals surface area contributed by atoms with Crippen LogP contribution in [-0.2, 0) is 9.59 Å². The Morgan fingerprint density at radius 2 is 1.19 bits per heavy atom. The zero-order valence-electron chi connectivity index (χ0n) is 17.1. The Labute approximate surface area is 185 Å². The number of anilines is 2. The molecule has 4 rings (SSSR count). The number of rotatable bonds is 3. The molecular formula is C25H20N2O3S. The summed E-state index contributed by atoms with van der Waals surface area (Å²) in [6, 6.07) is 21.1. The van der Waals surface area contributed by atoms with Crippen LogP contribution in [0.1, 0.15) is 16.7 Å². The van der Waals surface area contributed by atoms with E-state index in [1.165, 1.54) is 28.0 Å². The van der Waals surface area contributed by atoms with Gasteiger partial charge in [0.05, 0.1) is 11.4 Å². The molecule has 31 heavy (non-hydrogen) atoms. The number of hydrogen-bond donors (Lipinski definition) is 1. The van der Waals surface area contributed by atoms with Gasteiger partial charge in [-0.25, -0.2) is 0 Å². The molecule has 5 nitrogen and oxygen atoms in total. The Bertz CT molecular complexity index is 1160. The smallest absolute Gasteiger partial charge is 0.270 e. The largest absolute Gasteiger partial charge is 0.508 e. The van der Waals surface area contributed by atoms with Gasteiger partial charge >= 0.3 is 0 Å². The molecule has 0 bridgehead atoms. The second-order valence-corrected chi connectivity index (χ2v) is 7.65. The number of thiocarbonyl (C=S) groups is 1. The molecule has 0 spiro atoms. The summed E-state index contributed by atoms with van der Waals surface area (Å²) in [5.41, 5.74) is 3.59. The van der Waals surface area contributed by atoms with E-state index in [2.05, 4.69) is 0 Å². The lowest BCUT2D eigenvalue weighted by molar-refractivity contribution is -0.120. The molecule has 0 atom stereocenters. The van der Waals surface area contributed by atoms with E-state index in [1.807, 2.05) is 62.4 Å². The van der Waals surface area contributed by atoms with Gasteiger partial charge in [0.2, 0.25) is 0 Å². The third-order valence-corrected chi connectivity index (χ3v) is 5.53. The Kier molecular flexibility index (Phi) is 5.40. The van der Waals surface area contributed by atoms with Crippen LogP contribution >= 0.6 is 12.2 Å². The zero-order chi connectivity index (χ0) is 22.1. The summed E-state index contributed by atoms with van der Waals surface area (Å²) in [4.78, 5) is 29.8. The van der Waals surface area contributed by atoms with Crippen LogP contribution in [-0.4, -0.2) is 22.0 Å². The molecular weight excluding hydrogens is 408 g/mol. The highest BCUT2D eigenvalue weighted by atomic mass is 32.1. The lowest BCUT2D eigenvalue weighted by Crippen LogP contribution is -2.57. The molecule has 6 heteroatoms. The monoisotopic (exact) mass is 428 g/mol. The lowest BCUT2D eigenvalue weighted by Gasteiger charge is -2.37. The van der Waals surface area contributed by atoms with Crippen molar-refractivity contribution < 1.29 is 14.7 Å². The molecule has 2 amide bonds. The average molecular weight is 429 g/mol. The van der Waals surface area contributed by atoms with Crippen molar-refractivity contribution in [1.82, 2.24) is 0 Å². The number of hydrogen-bond acceptors (Lipinski definition) is 4. The quantitative estimate of drug-likeness (QED) is 0.371. The molecule has 3 aromatic rings. The number of amides is 2. The van der Waals surface area contributed by atoms with Gasteiger partial charge in [0.25, 0.3) is 11.8 Å². The van der Waals surface area contributed by atoms with Crippen molar-refractivity contribution >= 4 is 46.6 Å². The summed E-state index contributed by atoms with van der Waals surface area (Å²) in [5, 5.41) is 9.67. The second-order valence-electron chi connectivity index (χ2n) is 7.29. The fraction of sp³-hybridized carbons (Fsp3) is 0.0800. The standard InChI is InChI=1S/C25H20N2O3S/c1-16-7-3-5-9-21(16)26-23(29)20(15-18-11-13-19(28)14-12-18)24(30)27(25(26)31)22-10-6-4-8-17(22)2/h3-15,28H,1-2H3. The van der Waals surface area contributed by atoms with E-state index in [-0.39, 0.29) is 16.4 Å². The molecule has 1 N–H and O–H groups in total. The van der Waals surface area contributed by atoms with Gasteiger partial charge < -0.3 is 5.11 Å². The first-order valence-electron chi connectivity index (χ1n) is 9.73. The number of benzene rings is 3. The molecule has 0 saturated carbocycles. The number of para-hydroxylation sites is 2. The summed E-state index contributed by atoms with van der Waals surface area (Å²) in [6.45, 7) is 3.78. The topological polar surface area (TPSA) is 60.9 Å². The minimum atomic E-state index is -0.484. The predicted octanol–water partition coefficient (Wildman–Crippen LogP) is 4.76.